The Hall–Kier alpha value is -0.940. The lowest BCUT2D eigenvalue weighted by Crippen LogP contribution is -2.42. The Bertz CT molecular complexity index is 447. The van der Waals surface area contributed by atoms with Gasteiger partial charge in [0, 0.05) is 10.0 Å². The van der Waals surface area contributed by atoms with Crippen LogP contribution >= 0.6 is 15.9 Å². The molecule has 2 unspecified atom stereocenters. The number of aliphatic hydroxyl groups is 1. The number of amides is 1. The zero-order chi connectivity index (χ0) is 13.8. The molecule has 19 heavy (non-hydrogen) atoms. The minimum Gasteiger partial charge on any atom is -0.391 e. The Morgan fingerprint density at radius 2 is 2.00 bits per heavy atom. The molecule has 1 aromatic carbocycles. The van der Waals surface area contributed by atoms with Crippen molar-refractivity contribution in [3.05, 3.63) is 34.1 Å². The molecule has 2 N–H and O–H groups in total. The summed E-state index contributed by atoms with van der Waals surface area (Å²) in [5.74, 6) is -0.799. The summed E-state index contributed by atoms with van der Waals surface area (Å²) in [6.45, 7) is 0. The molecule has 0 bridgehead atoms. The fourth-order valence-electron chi connectivity index (χ4n) is 2.39. The van der Waals surface area contributed by atoms with Crippen molar-refractivity contribution in [3.63, 3.8) is 0 Å². The standard InChI is InChI=1S/C14H17BrFNO2/c15-10-6-9(7-11(16)8-10)14(19)17-12-4-2-1-3-5-13(12)18/h6-8,12-13,18H,1-5H2,(H,17,19). The van der Waals surface area contributed by atoms with Crippen LogP contribution in [0.1, 0.15) is 42.5 Å². The topological polar surface area (TPSA) is 49.3 Å². The number of aliphatic hydroxyl groups excluding tert-OH is 1. The van der Waals surface area contributed by atoms with Crippen LogP contribution < -0.4 is 5.32 Å². The smallest absolute Gasteiger partial charge is 0.251 e. The first kappa shape index (κ1) is 14.5. The van der Waals surface area contributed by atoms with Crippen LogP contribution in [0.4, 0.5) is 4.39 Å². The van der Waals surface area contributed by atoms with Crippen molar-refractivity contribution in [1.29, 1.82) is 0 Å². The summed E-state index contributed by atoms with van der Waals surface area (Å²) in [4.78, 5) is 12.1. The molecule has 3 nitrogen and oxygen atoms in total. The largest absolute Gasteiger partial charge is 0.391 e. The highest BCUT2D eigenvalue weighted by Crippen LogP contribution is 2.19. The van der Waals surface area contributed by atoms with E-state index in [0.29, 0.717) is 10.9 Å². The Morgan fingerprint density at radius 1 is 1.26 bits per heavy atom. The van der Waals surface area contributed by atoms with Gasteiger partial charge in [0.2, 0.25) is 0 Å². The van der Waals surface area contributed by atoms with Crippen molar-refractivity contribution < 1.29 is 14.3 Å². The molecular weight excluding hydrogens is 313 g/mol. The maximum absolute atomic E-state index is 13.2. The van der Waals surface area contributed by atoms with Gasteiger partial charge in [-0.05, 0) is 31.0 Å². The normalized spacial score (nSPS) is 23.7. The van der Waals surface area contributed by atoms with Crippen LogP contribution in [0.25, 0.3) is 0 Å². The quantitative estimate of drug-likeness (QED) is 0.819. The van der Waals surface area contributed by atoms with Gasteiger partial charge >= 0.3 is 0 Å². The lowest BCUT2D eigenvalue weighted by molar-refractivity contribution is 0.0818. The van der Waals surface area contributed by atoms with Gasteiger partial charge in [0.25, 0.3) is 5.91 Å². The van der Waals surface area contributed by atoms with E-state index in [1.165, 1.54) is 12.1 Å². The van der Waals surface area contributed by atoms with E-state index in [1.54, 1.807) is 6.07 Å². The number of benzene rings is 1. The summed E-state index contributed by atoms with van der Waals surface area (Å²) < 4.78 is 13.8. The molecule has 1 saturated carbocycles. The fourth-order valence-corrected chi connectivity index (χ4v) is 2.86. The number of carbonyl (C=O) groups is 1. The minimum atomic E-state index is -0.511. The van der Waals surface area contributed by atoms with E-state index in [9.17, 15) is 14.3 Å². The van der Waals surface area contributed by atoms with Crippen LogP contribution in [0.3, 0.4) is 0 Å². The lowest BCUT2D eigenvalue weighted by Gasteiger charge is -2.21. The van der Waals surface area contributed by atoms with Gasteiger partial charge in [0.1, 0.15) is 5.82 Å². The number of hydrogen-bond donors (Lipinski definition) is 2. The molecule has 0 saturated heterocycles. The monoisotopic (exact) mass is 329 g/mol. The predicted octanol–water partition coefficient (Wildman–Crippen LogP) is 3.01. The van der Waals surface area contributed by atoms with Crippen LogP contribution in [0.15, 0.2) is 22.7 Å². The summed E-state index contributed by atoms with van der Waals surface area (Å²) >= 11 is 3.16. The van der Waals surface area contributed by atoms with Crippen molar-refractivity contribution in [2.45, 2.75) is 44.2 Å². The summed E-state index contributed by atoms with van der Waals surface area (Å²) in [6.07, 6.45) is 4.02. The average Bonchev–Trinajstić information content (AvgIpc) is 2.54. The zero-order valence-electron chi connectivity index (χ0n) is 10.5. The van der Waals surface area contributed by atoms with Gasteiger partial charge in [-0.1, -0.05) is 35.2 Å². The first-order chi connectivity index (χ1) is 9.06. The van der Waals surface area contributed by atoms with E-state index < -0.39 is 11.9 Å². The Labute approximate surface area is 120 Å². The van der Waals surface area contributed by atoms with Crippen LogP contribution in [0.5, 0.6) is 0 Å². The summed E-state index contributed by atoms with van der Waals surface area (Å²) in [5.41, 5.74) is 0.267. The molecule has 1 aliphatic rings. The highest BCUT2D eigenvalue weighted by atomic mass is 79.9. The molecule has 1 aromatic rings. The second-order valence-corrected chi connectivity index (χ2v) is 5.86. The number of halogens is 2. The van der Waals surface area contributed by atoms with Crippen LogP contribution in [-0.4, -0.2) is 23.2 Å². The van der Waals surface area contributed by atoms with Gasteiger partial charge in [-0.15, -0.1) is 0 Å². The maximum atomic E-state index is 13.2. The summed E-state index contributed by atoms with van der Waals surface area (Å²) in [5, 5.41) is 12.8. The van der Waals surface area contributed by atoms with Gasteiger partial charge in [-0.2, -0.15) is 0 Å². The van der Waals surface area contributed by atoms with Crippen LogP contribution in [0.2, 0.25) is 0 Å². The van der Waals surface area contributed by atoms with Crippen LogP contribution in [0, 0.1) is 5.82 Å². The van der Waals surface area contributed by atoms with E-state index in [4.69, 9.17) is 0 Å². The van der Waals surface area contributed by atoms with Gasteiger partial charge < -0.3 is 10.4 Å². The molecule has 0 aromatic heterocycles. The van der Waals surface area contributed by atoms with Crippen molar-refractivity contribution in [2.75, 3.05) is 0 Å². The van der Waals surface area contributed by atoms with E-state index in [0.717, 1.165) is 25.7 Å². The molecule has 2 atom stereocenters. The molecular formula is C14H17BrFNO2. The number of carbonyl (C=O) groups excluding carboxylic acids is 1. The Balaban J connectivity index is 2.07. The third-order valence-electron chi connectivity index (χ3n) is 3.42. The number of nitrogens with one attached hydrogen (secondary N) is 1. The van der Waals surface area contributed by atoms with Crippen molar-refractivity contribution >= 4 is 21.8 Å². The van der Waals surface area contributed by atoms with Gasteiger partial charge in [-0.25, -0.2) is 4.39 Å². The van der Waals surface area contributed by atoms with Crippen LogP contribution in [-0.2, 0) is 0 Å². The third kappa shape index (κ3) is 4.01. The molecule has 0 aliphatic heterocycles. The summed E-state index contributed by atoms with van der Waals surface area (Å²) in [6, 6.07) is 3.83. The first-order valence-corrected chi connectivity index (χ1v) is 7.30. The highest BCUT2D eigenvalue weighted by Gasteiger charge is 2.23. The molecule has 1 fully saturated rings. The second-order valence-electron chi connectivity index (χ2n) is 4.94. The molecule has 1 amide bonds. The van der Waals surface area contributed by atoms with Crippen molar-refractivity contribution in [1.82, 2.24) is 5.32 Å². The lowest BCUT2D eigenvalue weighted by atomic mass is 10.1. The maximum Gasteiger partial charge on any atom is 0.251 e. The van der Waals surface area contributed by atoms with Gasteiger partial charge in [0.15, 0.2) is 0 Å². The number of hydrogen-bond acceptors (Lipinski definition) is 2. The molecule has 0 spiro atoms. The van der Waals surface area contributed by atoms with E-state index in [1.807, 2.05) is 0 Å². The molecule has 1 aliphatic carbocycles. The van der Waals surface area contributed by atoms with Crippen molar-refractivity contribution in [2.24, 2.45) is 0 Å². The van der Waals surface area contributed by atoms with Gasteiger partial charge in [0.05, 0.1) is 12.1 Å². The highest BCUT2D eigenvalue weighted by molar-refractivity contribution is 9.10. The number of rotatable bonds is 2. The van der Waals surface area contributed by atoms with E-state index >= 15 is 0 Å². The second kappa shape index (κ2) is 6.48. The predicted molar refractivity (Wildman–Crippen MR) is 74.4 cm³/mol. The molecule has 5 heteroatoms. The van der Waals surface area contributed by atoms with Crippen molar-refractivity contribution in [3.8, 4) is 0 Å². The van der Waals surface area contributed by atoms with E-state index in [2.05, 4.69) is 21.2 Å². The average molecular weight is 330 g/mol. The van der Waals surface area contributed by atoms with E-state index in [-0.39, 0.29) is 17.5 Å². The Kier molecular flexibility index (Phi) is 4.93. The minimum absolute atomic E-state index is 0.239. The molecule has 104 valence electrons. The first-order valence-electron chi connectivity index (χ1n) is 6.51. The molecule has 2 rings (SSSR count). The molecule has 0 heterocycles. The molecule has 0 radical (unpaired) electrons. The third-order valence-corrected chi connectivity index (χ3v) is 3.88. The van der Waals surface area contributed by atoms with Gasteiger partial charge in [-0.3, -0.25) is 4.79 Å². The zero-order valence-corrected chi connectivity index (χ0v) is 12.1. The SMILES string of the molecule is O=C(NC1CCCCCC1O)c1cc(F)cc(Br)c1. The summed E-state index contributed by atoms with van der Waals surface area (Å²) in [7, 11) is 0. The Morgan fingerprint density at radius 3 is 2.74 bits per heavy atom. The fraction of sp³-hybridized carbons (Fsp3) is 0.500.